The van der Waals surface area contributed by atoms with Crippen LogP contribution in [0.1, 0.15) is 51.1 Å². The topological polar surface area (TPSA) is 176 Å². The first-order chi connectivity index (χ1) is 17.1. The molecular weight excluding hydrogens is 476 g/mol. The summed E-state index contributed by atoms with van der Waals surface area (Å²) in [6.07, 6.45) is -2.53. The lowest BCUT2D eigenvalue weighted by Gasteiger charge is -2.35. The van der Waals surface area contributed by atoms with Crippen LogP contribution in [-0.4, -0.2) is 78.2 Å². The first-order valence-electron chi connectivity index (χ1n) is 11.9. The van der Waals surface area contributed by atoms with Gasteiger partial charge in [-0.05, 0) is 17.7 Å². The number of amides is 1. The van der Waals surface area contributed by atoms with Gasteiger partial charge in [0.15, 0.2) is 0 Å². The van der Waals surface area contributed by atoms with Crippen molar-refractivity contribution in [1.29, 1.82) is 0 Å². The molecule has 12 heteroatoms. The van der Waals surface area contributed by atoms with E-state index in [9.17, 15) is 24.6 Å². The summed E-state index contributed by atoms with van der Waals surface area (Å²) in [6, 6.07) is 5.51. The molecule has 1 amide bonds. The maximum absolute atomic E-state index is 12.8. The number of carbonyl (C=O) groups excluding carboxylic acids is 3. The largest absolute Gasteiger partial charge is 0.465 e. The minimum atomic E-state index is -1.02. The molecule has 200 valence electrons. The molecule has 4 unspecified atom stereocenters. The monoisotopic (exact) mass is 510 g/mol. The molecule has 0 saturated carbocycles. The number of hydrogen-bond donors (Lipinski definition) is 4. The lowest BCUT2D eigenvalue weighted by Crippen LogP contribution is -2.50. The number of esters is 2. The fourth-order valence-corrected chi connectivity index (χ4v) is 4.16. The second-order valence-electron chi connectivity index (χ2n) is 8.92. The third-order valence-electron chi connectivity index (χ3n) is 5.80. The van der Waals surface area contributed by atoms with Gasteiger partial charge < -0.3 is 44.9 Å². The number of rotatable bonds is 9. The molecule has 0 aliphatic carbocycles. The number of hydrogen-bond acceptors (Lipinski definition) is 11. The van der Waals surface area contributed by atoms with Gasteiger partial charge >= 0.3 is 11.9 Å². The molecule has 0 bridgehead atoms. The first kappa shape index (κ1) is 27.8. The van der Waals surface area contributed by atoms with Crippen molar-refractivity contribution in [3.05, 3.63) is 29.8 Å². The fourth-order valence-electron chi connectivity index (χ4n) is 4.16. The van der Waals surface area contributed by atoms with Gasteiger partial charge in [0.1, 0.15) is 30.7 Å². The molecule has 5 N–H and O–H groups in total. The molecule has 7 atom stereocenters. The van der Waals surface area contributed by atoms with Gasteiger partial charge in [-0.3, -0.25) is 14.4 Å². The Morgan fingerprint density at radius 3 is 2.42 bits per heavy atom. The molecule has 0 radical (unpaired) electrons. The second kappa shape index (κ2) is 13.0. The Labute approximate surface area is 209 Å². The summed E-state index contributed by atoms with van der Waals surface area (Å²) in [5, 5.41) is 21.9. The number of ether oxygens (including phenoxy) is 5. The fraction of sp³-hybridized carbons (Fsp3) is 0.625. The van der Waals surface area contributed by atoms with Crippen molar-refractivity contribution in [2.24, 2.45) is 5.73 Å². The number of aliphatic hydroxyl groups excluding tert-OH is 2. The average Bonchev–Trinajstić information content (AvgIpc) is 2.81. The summed E-state index contributed by atoms with van der Waals surface area (Å²) < 4.78 is 27.4. The third kappa shape index (κ3) is 8.42. The lowest BCUT2D eigenvalue weighted by molar-refractivity contribution is -0.184. The van der Waals surface area contributed by atoms with Gasteiger partial charge in [0.25, 0.3) is 0 Å². The van der Waals surface area contributed by atoms with E-state index in [0.29, 0.717) is 24.2 Å². The highest BCUT2D eigenvalue weighted by molar-refractivity contribution is 5.83. The van der Waals surface area contributed by atoms with Gasteiger partial charge in [0, 0.05) is 39.5 Å². The van der Waals surface area contributed by atoms with E-state index in [1.54, 1.807) is 24.3 Å². The molecule has 0 spiro atoms. The first-order valence-corrected chi connectivity index (χ1v) is 11.9. The summed E-state index contributed by atoms with van der Waals surface area (Å²) >= 11 is 0. The van der Waals surface area contributed by atoms with Crippen molar-refractivity contribution in [2.75, 3.05) is 13.2 Å². The molecule has 2 saturated heterocycles. The van der Waals surface area contributed by atoms with Crippen LogP contribution in [0, 0.1) is 0 Å². The highest BCUT2D eigenvalue weighted by Gasteiger charge is 2.34. The van der Waals surface area contributed by atoms with E-state index < -0.39 is 60.8 Å². The van der Waals surface area contributed by atoms with Crippen LogP contribution in [0.3, 0.4) is 0 Å². The van der Waals surface area contributed by atoms with Crippen molar-refractivity contribution in [1.82, 2.24) is 5.32 Å². The predicted molar refractivity (Wildman–Crippen MR) is 123 cm³/mol. The van der Waals surface area contributed by atoms with Crippen LogP contribution in [0.25, 0.3) is 0 Å². The van der Waals surface area contributed by atoms with Gasteiger partial charge in [-0.2, -0.15) is 0 Å². The van der Waals surface area contributed by atoms with Crippen molar-refractivity contribution in [2.45, 2.75) is 82.5 Å². The van der Waals surface area contributed by atoms with Gasteiger partial charge in [-0.25, -0.2) is 0 Å². The van der Waals surface area contributed by atoms with Crippen LogP contribution >= 0.6 is 0 Å². The number of carbonyl (C=O) groups is 3. The summed E-state index contributed by atoms with van der Waals surface area (Å²) in [6.45, 7) is 2.32. The van der Waals surface area contributed by atoms with Crippen LogP contribution < -0.4 is 15.8 Å². The average molecular weight is 511 g/mol. The Kier molecular flexibility index (Phi) is 10.0. The van der Waals surface area contributed by atoms with Crippen LogP contribution in [0.5, 0.6) is 5.75 Å². The molecular formula is C24H34N2O10. The minimum Gasteiger partial charge on any atom is -0.465 e. The Bertz CT molecular complexity index is 895. The van der Waals surface area contributed by atoms with E-state index in [2.05, 4.69) is 5.32 Å². The summed E-state index contributed by atoms with van der Waals surface area (Å²) in [7, 11) is 0. The molecule has 2 heterocycles. The third-order valence-corrected chi connectivity index (χ3v) is 5.80. The van der Waals surface area contributed by atoms with Gasteiger partial charge in [-0.15, -0.1) is 0 Å². The zero-order chi connectivity index (χ0) is 26.2. The van der Waals surface area contributed by atoms with E-state index in [-0.39, 0.29) is 26.1 Å². The quantitative estimate of drug-likeness (QED) is 0.330. The molecule has 1 aromatic rings. The molecule has 0 aromatic heterocycles. The van der Waals surface area contributed by atoms with Crippen LogP contribution in [0.4, 0.5) is 0 Å². The Balaban J connectivity index is 1.56. The van der Waals surface area contributed by atoms with Crippen molar-refractivity contribution >= 4 is 17.8 Å². The molecule has 3 rings (SSSR count). The Morgan fingerprint density at radius 1 is 1.06 bits per heavy atom. The standard InChI is InChI=1S/C24H34N2O10/c1-13(28)32-12-20-9-18(33-14(2)29)10-21(34-20)26-24(31)23(25)15-3-5-17(6-4-15)35-22-8-16(30)7-19(11-27)36-22/h3-6,16,18-23,27,30H,7-12,25H2,1-2H3,(H,26,31)/t16?,18?,19-,20-,21?,22+,23?/m0/s1. The van der Waals surface area contributed by atoms with Crippen molar-refractivity contribution in [3.8, 4) is 5.75 Å². The smallest absolute Gasteiger partial charge is 0.302 e. The maximum atomic E-state index is 12.8. The highest BCUT2D eigenvalue weighted by atomic mass is 16.7. The van der Waals surface area contributed by atoms with Crippen LogP contribution in [0.2, 0.25) is 0 Å². The van der Waals surface area contributed by atoms with Crippen molar-refractivity contribution < 1.29 is 48.3 Å². The van der Waals surface area contributed by atoms with Crippen LogP contribution in [0.15, 0.2) is 24.3 Å². The zero-order valence-electron chi connectivity index (χ0n) is 20.3. The van der Waals surface area contributed by atoms with Gasteiger partial charge in [-0.1, -0.05) is 12.1 Å². The number of aliphatic hydroxyl groups is 2. The normalized spacial score (nSPS) is 29.0. The maximum Gasteiger partial charge on any atom is 0.302 e. The van der Waals surface area contributed by atoms with Gasteiger partial charge in [0.05, 0.1) is 24.9 Å². The second-order valence-corrected chi connectivity index (χ2v) is 8.92. The predicted octanol–water partition coefficient (Wildman–Crippen LogP) is 0.0396. The summed E-state index contributed by atoms with van der Waals surface area (Å²) in [4.78, 5) is 35.4. The highest BCUT2D eigenvalue weighted by Crippen LogP contribution is 2.25. The lowest BCUT2D eigenvalue weighted by atomic mass is 10.0. The zero-order valence-corrected chi connectivity index (χ0v) is 20.3. The molecule has 12 nitrogen and oxygen atoms in total. The van der Waals surface area contributed by atoms with E-state index in [1.165, 1.54) is 13.8 Å². The van der Waals surface area contributed by atoms with Crippen LogP contribution in [-0.2, 0) is 33.3 Å². The summed E-state index contributed by atoms with van der Waals surface area (Å²) in [5.41, 5.74) is 6.66. The number of benzene rings is 1. The number of nitrogens with two attached hydrogens (primary N) is 1. The Hall–Kier alpha value is -2.77. The summed E-state index contributed by atoms with van der Waals surface area (Å²) in [5.74, 6) is -0.983. The minimum absolute atomic E-state index is 0.0340. The molecule has 1 aromatic carbocycles. The van der Waals surface area contributed by atoms with E-state index >= 15 is 0 Å². The molecule has 2 fully saturated rings. The number of nitrogens with one attached hydrogen (secondary N) is 1. The van der Waals surface area contributed by atoms with Crippen molar-refractivity contribution in [3.63, 3.8) is 0 Å². The Morgan fingerprint density at radius 2 is 1.78 bits per heavy atom. The van der Waals surface area contributed by atoms with E-state index in [1.807, 2.05) is 0 Å². The van der Waals surface area contributed by atoms with E-state index in [4.69, 9.17) is 29.4 Å². The van der Waals surface area contributed by atoms with Gasteiger partial charge in [0.2, 0.25) is 12.2 Å². The molecule has 2 aliphatic rings. The SMILES string of the molecule is CC(=O)OC[C@@H]1CC(OC(C)=O)CC(NC(=O)C(N)c2ccc(O[C@H]3CC(O)C[C@@H](CO)O3)cc2)O1. The molecule has 2 aliphatic heterocycles. The molecule has 36 heavy (non-hydrogen) atoms. The van der Waals surface area contributed by atoms with E-state index in [0.717, 1.165) is 0 Å².